The van der Waals surface area contributed by atoms with E-state index in [4.69, 9.17) is 9.15 Å². The van der Waals surface area contributed by atoms with Gasteiger partial charge in [0.15, 0.2) is 11.7 Å². The zero-order valence-corrected chi connectivity index (χ0v) is 17.8. The second kappa shape index (κ2) is 9.47. The van der Waals surface area contributed by atoms with E-state index in [1.165, 1.54) is 12.3 Å². The van der Waals surface area contributed by atoms with Crippen LogP contribution in [-0.2, 0) is 18.3 Å². The first-order chi connectivity index (χ1) is 15.5. The highest BCUT2D eigenvalue weighted by Gasteiger charge is 2.21. The van der Waals surface area contributed by atoms with Gasteiger partial charge in [-0.15, -0.1) is 0 Å². The molecule has 0 saturated carbocycles. The molecule has 1 amide bonds. The maximum Gasteiger partial charge on any atom is 0.221 e. The third-order valence-electron chi connectivity index (χ3n) is 5.11. The topological polar surface area (TPSA) is 82.2 Å². The van der Waals surface area contributed by atoms with Crippen molar-refractivity contribution in [2.24, 2.45) is 7.05 Å². The number of halogens is 1. The molecule has 2 aromatic carbocycles. The monoisotopic (exact) mass is 434 g/mol. The highest BCUT2D eigenvalue weighted by Crippen LogP contribution is 2.25. The Kier molecular flexibility index (Phi) is 6.30. The van der Waals surface area contributed by atoms with E-state index >= 15 is 0 Å². The molecule has 0 spiro atoms. The molecular formula is C24H23FN4O3. The zero-order chi connectivity index (χ0) is 22.5. The van der Waals surface area contributed by atoms with Crippen LogP contribution in [0.5, 0.6) is 5.75 Å². The highest BCUT2D eigenvalue weighted by molar-refractivity contribution is 5.77. The van der Waals surface area contributed by atoms with Gasteiger partial charge in [-0.1, -0.05) is 24.3 Å². The van der Waals surface area contributed by atoms with Gasteiger partial charge in [0.1, 0.15) is 23.4 Å². The van der Waals surface area contributed by atoms with Gasteiger partial charge in [-0.05, 0) is 29.8 Å². The molecule has 1 N–H and O–H groups in total. The van der Waals surface area contributed by atoms with Crippen LogP contribution >= 0.6 is 0 Å². The van der Waals surface area contributed by atoms with E-state index in [9.17, 15) is 9.18 Å². The van der Waals surface area contributed by atoms with Crippen molar-refractivity contribution in [2.75, 3.05) is 7.11 Å². The minimum Gasteiger partial charge on any atom is -0.497 e. The largest absolute Gasteiger partial charge is 0.497 e. The van der Waals surface area contributed by atoms with Gasteiger partial charge in [-0.3, -0.25) is 4.79 Å². The van der Waals surface area contributed by atoms with Crippen molar-refractivity contribution >= 4 is 5.91 Å². The van der Waals surface area contributed by atoms with Gasteiger partial charge in [-0.2, -0.15) is 0 Å². The smallest absolute Gasteiger partial charge is 0.221 e. The number of benzene rings is 2. The molecule has 0 aliphatic heterocycles. The molecule has 0 saturated heterocycles. The molecule has 0 radical (unpaired) electrons. The number of nitrogens with zero attached hydrogens (tertiary/aromatic N) is 3. The van der Waals surface area contributed by atoms with Crippen LogP contribution in [0.2, 0.25) is 0 Å². The normalized spacial score (nSPS) is 11.8. The number of aryl methyl sites for hydroxylation is 2. The second-order valence-corrected chi connectivity index (χ2v) is 7.27. The minimum absolute atomic E-state index is 0.155. The molecule has 0 aliphatic rings. The number of aromatic nitrogens is 3. The average molecular weight is 434 g/mol. The Morgan fingerprint density at radius 1 is 1.22 bits per heavy atom. The lowest BCUT2D eigenvalue weighted by Crippen LogP contribution is -2.31. The number of carbonyl (C=O) groups is 1. The number of amides is 1. The molecular weight excluding hydrogens is 411 g/mol. The highest BCUT2D eigenvalue weighted by atomic mass is 19.1. The van der Waals surface area contributed by atoms with Crippen molar-refractivity contribution in [3.8, 4) is 17.1 Å². The number of nitrogens with one attached hydrogen (secondary N) is 1. The maximum atomic E-state index is 14.0. The lowest BCUT2D eigenvalue weighted by atomic mass is 10.1. The molecule has 164 valence electrons. The van der Waals surface area contributed by atoms with Gasteiger partial charge in [0.2, 0.25) is 5.91 Å². The first-order valence-electron chi connectivity index (χ1n) is 10.2. The predicted molar refractivity (Wildman–Crippen MR) is 116 cm³/mol. The van der Waals surface area contributed by atoms with Gasteiger partial charge in [0.25, 0.3) is 0 Å². The maximum absolute atomic E-state index is 14.0. The third-order valence-corrected chi connectivity index (χ3v) is 5.11. The summed E-state index contributed by atoms with van der Waals surface area (Å²) in [6.45, 7) is 0. The molecule has 4 rings (SSSR count). The summed E-state index contributed by atoms with van der Waals surface area (Å²) in [5.74, 6) is 1.52. The van der Waals surface area contributed by atoms with Crippen molar-refractivity contribution in [1.82, 2.24) is 19.9 Å². The van der Waals surface area contributed by atoms with Gasteiger partial charge in [0, 0.05) is 32.3 Å². The molecule has 1 atom stereocenters. The van der Waals surface area contributed by atoms with E-state index in [0.29, 0.717) is 28.8 Å². The minimum atomic E-state index is -0.448. The van der Waals surface area contributed by atoms with Gasteiger partial charge < -0.3 is 19.0 Å². The van der Waals surface area contributed by atoms with Crippen LogP contribution < -0.4 is 10.1 Å². The van der Waals surface area contributed by atoms with Crippen LogP contribution in [-0.4, -0.2) is 27.6 Å². The molecule has 0 aliphatic carbocycles. The van der Waals surface area contributed by atoms with Crippen molar-refractivity contribution in [1.29, 1.82) is 0 Å². The molecule has 8 heteroatoms. The van der Waals surface area contributed by atoms with Crippen molar-refractivity contribution in [3.63, 3.8) is 0 Å². The number of hydrogen-bond donors (Lipinski definition) is 1. The average Bonchev–Trinajstić information content (AvgIpc) is 3.45. The molecule has 2 heterocycles. The van der Waals surface area contributed by atoms with Crippen LogP contribution in [0.25, 0.3) is 11.3 Å². The number of methoxy groups -OCH3 is 1. The second-order valence-electron chi connectivity index (χ2n) is 7.27. The van der Waals surface area contributed by atoms with E-state index in [0.717, 1.165) is 5.56 Å². The molecule has 7 nitrogen and oxygen atoms in total. The number of rotatable bonds is 8. The molecule has 0 fully saturated rings. The fourth-order valence-corrected chi connectivity index (χ4v) is 3.44. The van der Waals surface area contributed by atoms with E-state index in [-0.39, 0.29) is 24.6 Å². The Labute approximate surface area is 184 Å². The quantitative estimate of drug-likeness (QED) is 0.452. The number of oxazole rings is 1. The number of carbonyl (C=O) groups excluding carboxylic acids is 1. The van der Waals surface area contributed by atoms with Crippen LogP contribution in [0.4, 0.5) is 4.39 Å². The van der Waals surface area contributed by atoms with Crippen molar-refractivity contribution < 1.29 is 18.3 Å². The lowest BCUT2D eigenvalue weighted by molar-refractivity contribution is -0.121. The van der Waals surface area contributed by atoms with Crippen molar-refractivity contribution in [2.45, 2.75) is 18.9 Å². The molecule has 32 heavy (non-hydrogen) atoms. The number of hydrogen-bond acceptors (Lipinski definition) is 5. The Morgan fingerprint density at radius 3 is 2.81 bits per heavy atom. The van der Waals surface area contributed by atoms with E-state index in [1.54, 1.807) is 31.5 Å². The summed E-state index contributed by atoms with van der Waals surface area (Å²) >= 11 is 0. The third kappa shape index (κ3) is 4.69. The molecule has 0 bridgehead atoms. The van der Waals surface area contributed by atoms with E-state index in [2.05, 4.69) is 15.3 Å². The van der Waals surface area contributed by atoms with Crippen LogP contribution in [0.15, 0.2) is 71.5 Å². The van der Waals surface area contributed by atoms with Gasteiger partial charge >= 0.3 is 0 Å². The van der Waals surface area contributed by atoms with Crippen LogP contribution in [0, 0.1) is 5.82 Å². The Morgan fingerprint density at radius 2 is 2.06 bits per heavy atom. The lowest BCUT2D eigenvalue weighted by Gasteiger charge is -2.19. The summed E-state index contributed by atoms with van der Waals surface area (Å²) in [7, 11) is 3.47. The van der Waals surface area contributed by atoms with Crippen LogP contribution in [0.1, 0.15) is 29.7 Å². The first-order valence-corrected chi connectivity index (χ1v) is 10.2. The zero-order valence-electron chi connectivity index (χ0n) is 17.8. The summed E-state index contributed by atoms with van der Waals surface area (Å²) in [6, 6.07) is 13.4. The standard InChI is InChI=1S/C24H23FN4O3/c1-29-13-12-26-24(29)23(16-6-5-7-17(14-16)31-2)28-21(30)10-11-22-27-15-20(32-22)18-8-3-4-9-19(18)25/h3-9,12-15,23H,10-11H2,1-2H3,(H,28,30). The summed E-state index contributed by atoms with van der Waals surface area (Å²) in [5.41, 5.74) is 1.19. The van der Waals surface area contributed by atoms with Gasteiger partial charge in [0.05, 0.1) is 18.9 Å². The molecule has 1 unspecified atom stereocenters. The Bertz CT molecular complexity index is 1220. The van der Waals surface area contributed by atoms with Crippen molar-refractivity contribution in [3.05, 3.63) is 90.2 Å². The predicted octanol–water partition coefficient (Wildman–Crippen LogP) is 4.06. The Balaban J connectivity index is 1.46. The first kappa shape index (κ1) is 21.3. The SMILES string of the molecule is COc1cccc(C(NC(=O)CCc2ncc(-c3ccccc3F)o2)c2nccn2C)c1. The van der Waals surface area contributed by atoms with Gasteiger partial charge in [-0.25, -0.2) is 14.4 Å². The number of imidazole rings is 1. The fraction of sp³-hybridized carbons (Fsp3) is 0.208. The summed E-state index contributed by atoms with van der Waals surface area (Å²) < 4.78 is 26.8. The number of ether oxygens (including phenoxy) is 1. The summed E-state index contributed by atoms with van der Waals surface area (Å²) in [4.78, 5) is 21.4. The van der Waals surface area contributed by atoms with Crippen LogP contribution in [0.3, 0.4) is 0 Å². The molecule has 4 aromatic rings. The fourth-order valence-electron chi connectivity index (χ4n) is 3.44. The van der Waals surface area contributed by atoms with E-state index < -0.39 is 6.04 Å². The summed E-state index contributed by atoms with van der Waals surface area (Å²) in [5, 5.41) is 3.04. The summed E-state index contributed by atoms with van der Waals surface area (Å²) in [6.07, 6.45) is 5.42. The van der Waals surface area contributed by atoms with E-state index in [1.807, 2.05) is 42.1 Å². The molecule has 2 aromatic heterocycles. The Hall–Kier alpha value is -3.94.